The monoisotopic (exact) mass is 290 g/mol. The van der Waals surface area contributed by atoms with Crippen LogP contribution in [0.15, 0.2) is 18.2 Å². The lowest BCUT2D eigenvalue weighted by Gasteiger charge is -2.17. The SMILES string of the molecule is CCCNC(=O)C1CC(=O)N(c2ccc3c(c2)OCO3)C1. The van der Waals surface area contributed by atoms with Crippen LogP contribution in [0.3, 0.4) is 0 Å². The van der Waals surface area contributed by atoms with Crippen LogP contribution in [0.2, 0.25) is 0 Å². The Balaban J connectivity index is 1.72. The molecule has 1 aromatic rings. The van der Waals surface area contributed by atoms with Crippen molar-refractivity contribution in [1.82, 2.24) is 5.32 Å². The van der Waals surface area contributed by atoms with Gasteiger partial charge in [0.05, 0.1) is 5.92 Å². The predicted molar refractivity (Wildman–Crippen MR) is 76.3 cm³/mol. The summed E-state index contributed by atoms with van der Waals surface area (Å²) in [6.45, 7) is 3.26. The third-order valence-electron chi connectivity index (χ3n) is 3.71. The molecule has 2 aliphatic heterocycles. The van der Waals surface area contributed by atoms with Crippen molar-refractivity contribution in [3.8, 4) is 11.5 Å². The van der Waals surface area contributed by atoms with Crippen LogP contribution >= 0.6 is 0 Å². The first kappa shape index (κ1) is 13.7. The van der Waals surface area contributed by atoms with Gasteiger partial charge in [-0.05, 0) is 18.6 Å². The van der Waals surface area contributed by atoms with Gasteiger partial charge in [0.2, 0.25) is 18.6 Å². The molecule has 2 heterocycles. The molecule has 1 saturated heterocycles. The number of anilines is 1. The van der Waals surface area contributed by atoms with E-state index in [1.165, 1.54) is 0 Å². The maximum absolute atomic E-state index is 12.1. The summed E-state index contributed by atoms with van der Waals surface area (Å²) in [4.78, 5) is 25.8. The smallest absolute Gasteiger partial charge is 0.231 e. The number of benzene rings is 1. The highest BCUT2D eigenvalue weighted by Crippen LogP contribution is 2.37. The van der Waals surface area contributed by atoms with E-state index in [4.69, 9.17) is 9.47 Å². The number of rotatable bonds is 4. The Bertz CT molecular complexity index is 573. The molecule has 0 aliphatic carbocycles. The summed E-state index contributed by atoms with van der Waals surface area (Å²) in [6.07, 6.45) is 1.14. The highest BCUT2D eigenvalue weighted by molar-refractivity contribution is 6.00. The molecule has 0 radical (unpaired) electrons. The van der Waals surface area contributed by atoms with E-state index in [1.54, 1.807) is 17.0 Å². The highest BCUT2D eigenvalue weighted by Gasteiger charge is 2.35. The maximum atomic E-state index is 12.1. The van der Waals surface area contributed by atoms with Gasteiger partial charge in [-0.15, -0.1) is 0 Å². The zero-order chi connectivity index (χ0) is 14.8. The topological polar surface area (TPSA) is 67.9 Å². The number of ether oxygens (including phenoxy) is 2. The molecule has 1 aromatic carbocycles. The molecule has 3 rings (SSSR count). The van der Waals surface area contributed by atoms with E-state index in [9.17, 15) is 9.59 Å². The lowest BCUT2D eigenvalue weighted by Crippen LogP contribution is -2.33. The van der Waals surface area contributed by atoms with Crippen molar-refractivity contribution in [1.29, 1.82) is 0 Å². The summed E-state index contributed by atoms with van der Waals surface area (Å²) in [6, 6.07) is 5.39. The third kappa shape index (κ3) is 2.66. The number of carbonyl (C=O) groups is 2. The van der Waals surface area contributed by atoms with Gasteiger partial charge in [0, 0.05) is 31.3 Å². The van der Waals surface area contributed by atoms with Crippen molar-refractivity contribution < 1.29 is 19.1 Å². The largest absolute Gasteiger partial charge is 0.454 e. The molecule has 0 aromatic heterocycles. The van der Waals surface area contributed by atoms with Crippen LogP contribution in [0.4, 0.5) is 5.69 Å². The van der Waals surface area contributed by atoms with E-state index in [0.717, 1.165) is 12.1 Å². The summed E-state index contributed by atoms with van der Waals surface area (Å²) < 4.78 is 10.6. The van der Waals surface area contributed by atoms with Gasteiger partial charge in [0.1, 0.15) is 0 Å². The molecule has 0 spiro atoms. The van der Waals surface area contributed by atoms with E-state index >= 15 is 0 Å². The van der Waals surface area contributed by atoms with Crippen LogP contribution in [0.1, 0.15) is 19.8 Å². The molecule has 1 atom stereocenters. The minimum absolute atomic E-state index is 0.0366. The van der Waals surface area contributed by atoms with Crippen molar-refractivity contribution in [2.75, 3.05) is 24.8 Å². The van der Waals surface area contributed by atoms with Gasteiger partial charge < -0.3 is 19.7 Å². The number of carbonyl (C=O) groups excluding carboxylic acids is 2. The van der Waals surface area contributed by atoms with E-state index in [-0.39, 0.29) is 30.9 Å². The Hall–Kier alpha value is -2.24. The number of fused-ring (bicyclic) bond motifs is 1. The third-order valence-corrected chi connectivity index (χ3v) is 3.71. The first-order valence-electron chi connectivity index (χ1n) is 7.16. The van der Waals surface area contributed by atoms with Gasteiger partial charge in [-0.1, -0.05) is 6.92 Å². The van der Waals surface area contributed by atoms with Crippen molar-refractivity contribution >= 4 is 17.5 Å². The highest BCUT2D eigenvalue weighted by atomic mass is 16.7. The fraction of sp³-hybridized carbons (Fsp3) is 0.467. The fourth-order valence-corrected chi connectivity index (χ4v) is 2.58. The second-order valence-electron chi connectivity index (χ2n) is 5.23. The zero-order valence-electron chi connectivity index (χ0n) is 11.9. The quantitative estimate of drug-likeness (QED) is 0.907. The second-order valence-corrected chi connectivity index (χ2v) is 5.23. The lowest BCUT2D eigenvalue weighted by atomic mass is 10.1. The van der Waals surface area contributed by atoms with Crippen molar-refractivity contribution in [2.45, 2.75) is 19.8 Å². The summed E-state index contributed by atoms with van der Waals surface area (Å²) in [5.74, 6) is 0.954. The summed E-state index contributed by atoms with van der Waals surface area (Å²) in [7, 11) is 0. The number of nitrogens with one attached hydrogen (secondary N) is 1. The molecule has 1 N–H and O–H groups in total. The molecule has 2 amide bonds. The van der Waals surface area contributed by atoms with Crippen LogP contribution in [0.5, 0.6) is 11.5 Å². The number of amides is 2. The maximum Gasteiger partial charge on any atom is 0.231 e. The number of hydrogen-bond acceptors (Lipinski definition) is 4. The summed E-state index contributed by atoms with van der Waals surface area (Å²) in [5.41, 5.74) is 0.745. The molecule has 1 fully saturated rings. The Kier molecular flexibility index (Phi) is 3.68. The molecule has 1 unspecified atom stereocenters. The van der Waals surface area contributed by atoms with Gasteiger partial charge in [-0.3, -0.25) is 9.59 Å². The van der Waals surface area contributed by atoms with Gasteiger partial charge in [-0.25, -0.2) is 0 Å². The van der Waals surface area contributed by atoms with Crippen molar-refractivity contribution in [2.24, 2.45) is 5.92 Å². The molecular formula is C15H18N2O4. The van der Waals surface area contributed by atoms with E-state index in [0.29, 0.717) is 24.6 Å². The Morgan fingerprint density at radius 3 is 3.00 bits per heavy atom. The summed E-state index contributed by atoms with van der Waals surface area (Å²) in [5, 5.41) is 2.85. The average molecular weight is 290 g/mol. The van der Waals surface area contributed by atoms with E-state index < -0.39 is 0 Å². The van der Waals surface area contributed by atoms with Gasteiger partial charge in [-0.2, -0.15) is 0 Å². The van der Waals surface area contributed by atoms with Gasteiger partial charge in [0.25, 0.3) is 0 Å². The first-order chi connectivity index (χ1) is 10.2. The van der Waals surface area contributed by atoms with Crippen LogP contribution < -0.4 is 19.7 Å². The molecule has 0 saturated carbocycles. The van der Waals surface area contributed by atoms with E-state index in [1.807, 2.05) is 13.0 Å². The zero-order valence-corrected chi connectivity index (χ0v) is 11.9. The molecule has 6 heteroatoms. The van der Waals surface area contributed by atoms with Gasteiger partial charge in [0.15, 0.2) is 11.5 Å². The molecule has 6 nitrogen and oxygen atoms in total. The average Bonchev–Trinajstić information content (AvgIpc) is 3.10. The van der Waals surface area contributed by atoms with Crippen LogP contribution in [0.25, 0.3) is 0 Å². The number of nitrogens with zero attached hydrogens (tertiary/aromatic N) is 1. The molecule has 21 heavy (non-hydrogen) atoms. The minimum Gasteiger partial charge on any atom is -0.454 e. The first-order valence-corrected chi connectivity index (χ1v) is 7.16. The van der Waals surface area contributed by atoms with Crippen molar-refractivity contribution in [3.05, 3.63) is 18.2 Å². The Morgan fingerprint density at radius 1 is 1.38 bits per heavy atom. The second kappa shape index (κ2) is 5.63. The van der Waals surface area contributed by atoms with Gasteiger partial charge >= 0.3 is 0 Å². The molecule has 112 valence electrons. The van der Waals surface area contributed by atoms with E-state index in [2.05, 4.69) is 5.32 Å². The Morgan fingerprint density at radius 2 is 2.19 bits per heavy atom. The minimum atomic E-state index is -0.283. The van der Waals surface area contributed by atoms with Crippen molar-refractivity contribution in [3.63, 3.8) is 0 Å². The Labute approximate surface area is 123 Å². The lowest BCUT2D eigenvalue weighted by molar-refractivity contribution is -0.126. The van der Waals surface area contributed by atoms with Crippen LogP contribution in [-0.2, 0) is 9.59 Å². The molecule has 2 aliphatic rings. The van der Waals surface area contributed by atoms with Crippen LogP contribution in [0, 0.1) is 5.92 Å². The fourth-order valence-electron chi connectivity index (χ4n) is 2.58. The summed E-state index contributed by atoms with van der Waals surface area (Å²) >= 11 is 0. The predicted octanol–water partition coefficient (Wildman–Crippen LogP) is 1.29. The number of hydrogen-bond donors (Lipinski definition) is 1. The van der Waals surface area contributed by atoms with Crippen LogP contribution in [-0.4, -0.2) is 31.7 Å². The molecule has 0 bridgehead atoms. The standard InChI is InChI=1S/C15H18N2O4/c1-2-5-16-15(19)10-6-14(18)17(8-10)11-3-4-12-13(7-11)21-9-20-12/h3-4,7,10H,2,5-6,8-9H2,1H3,(H,16,19). The normalized spacial score (nSPS) is 20.0. The molecular weight excluding hydrogens is 272 g/mol.